The topological polar surface area (TPSA) is 70.2 Å². The van der Waals surface area contributed by atoms with Crippen molar-refractivity contribution >= 4 is 29.9 Å². The second-order valence-electron chi connectivity index (χ2n) is 7.97. The molecule has 2 amide bonds. The van der Waals surface area contributed by atoms with Crippen molar-refractivity contribution < 1.29 is 9.59 Å². The van der Waals surface area contributed by atoms with Crippen LogP contribution in [0.15, 0.2) is 24.3 Å². The summed E-state index contributed by atoms with van der Waals surface area (Å²) in [6.45, 7) is 3.73. The lowest BCUT2D eigenvalue weighted by molar-refractivity contribution is -0.125. The molecule has 28 heavy (non-hydrogen) atoms. The quantitative estimate of drug-likeness (QED) is 0.639. The maximum Gasteiger partial charge on any atom is 0.227 e. The van der Waals surface area contributed by atoms with Crippen LogP contribution in [-0.4, -0.2) is 24.4 Å². The van der Waals surface area contributed by atoms with Crippen LogP contribution in [0.2, 0.25) is 0 Å². The van der Waals surface area contributed by atoms with Gasteiger partial charge < -0.3 is 16.0 Å². The second-order valence-corrected chi connectivity index (χ2v) is 7.97. The number of hydrogen-bond donors (Lipinski definition) is 3. The van der Waals surface area contributed by atoms with Crippen LogP contribution in [0.25, 0.3) is 0 Å². The van der Waals surface area contributed by atoms with E-state index in [1.165, 1.54) is 12.8 Å². The number of carbonyl (C=O) groups is 2. The summed E-state index contributed by atoms with van der Waals surface area (Å²) in [4.78, 5) is 25.0. The second kappa shape index (κ2) is 11.4. The zero-order valence-corrected chi connectivity index (χ0v) is 17.7. The summed E-state index contributed by atoms with van der Waals surface area (Å²) in [5.41, 5.74) is 2.02. The van der Waals surface area contributed by atoms with Crippen LogP contribution < -0.4 is 16.0 Å². The van der Waals surface area contributed by atoms with E-state index in [-0.39, 0.29) is 42.1 Å². The summed E-state index contributed by atoms with van der Waals surface area (Å²) in [6, 6.07) is 8.22. The average Bonchev–Trinajstić information content (AvgIpc) is 3.23. The Morgan fingerprint density at radius 2 is 1.57 bits per heavy atom. The smallest absolute Gasteiger partial charge is 0.227 e. The van der Waals surface area contributed by atoms with Gasteiger partial charge in [0.25, 0.3) is 0 Å². The molecule has 2 fully saturated rings. The van der Waals surface area contributed by atoms with Crippen LogP contribution in [0.3, 0.4) is 0 Å². The monoisotopic (exact) mass is 407 g/mol. The zero-order chi connectivity index (χ0) is 19.1. The van der Waals surface area contributed by atoms with Gasteiger partial charge in [0, 0.05) is 30.1 Å². The van der Waals surface area contributed by atoms with E-state index in [4.69, 9.17) is 0 Å². The van der Waals surface area contributed by atoms with Gasteiger partial charge >= 0.3 is 0 Å². The van der Waals surface area contributed by atoms with Gasteiger partial charge in [-0.15, -0.1) is 12.4 Å². The van der Waals surface area contributed by atoms with Crippen LogP contribution in [0.1, 0.15) is 63.9 Å². The fourth-order valence-electron chi connectivity index (χ4n) is 4.30. The number of amides is 2. The summed E-state index contributed by atoms with van der Waals surface area (Å²) in [7, 11) is 0. The van der Waals surface area contributed by atoms with Gasteiger partial charge in [0.15, 0.2) is 0 Å². The van der Waals surface area contributed by atoms with E-state index in [2.05, 4.69) is 22.9 Å². The summed E-state index contributed by atoms with van der Waals surface area (Å²) in [5.74, 6) is 0.605. The van der Waals surface area contributed by atoms with E-state index in [0.717, 1.165) is 62.9 Å². The Hall–Kier alpha value is -1.59. The van der Waals surface area contributed by atoms with Crippen molar-refractivity contribution in [3.63, 3.8) is 0 Å². The molecule has 1 aromatic carbocycles. The molecular weight excluding hydrogens is 374 g/mol. The third-order valence-corrected chi connectivity index (χ3v) is 6.01. The highest BCUT2D eigenvalue weighted by atomic mass is 35.5. The van der Waals surface area contributed by atoms with Gasteiger partial charge in [-0.05, 0) is 56.7 Å². The normalized spacial score (nSPS) is 22.3. The number of nitrogens with one attached hydrogen (secondary N) is 3. The first kappa shape index (κ1) is 22.7. The minimum absolute atomic E-state index is 0. The molecule has 3 rings (SSSR count). The Kier molecular flexibility index (Phi) is 9.26. The highest BCUT2D eigenvalue weighted by molar-refractivity contribution is 5.93. The SMILES string of the molecule is CCNCc1ccccc1NC(=O)C1CCC(NC(=O)C2CCCC2)CC1.Cl. The van der Waals surface area contributed by atoms with Crippen LogP contribution in [0, 0.1) is 11.8 Å². The molecular formula is C22H34ClN3O2. The van der Waals surface area contributed by atoms with Crippen LogP contribution >= 0.6 is 12.4 Å². The van der Waals surface area contributed by atoms with Gasteiger partial charge in [-0.3, -0.25) is 9.59 Å². The Labute approximate surface area is 174 Å². The zero-order valence-electron chi connectivity index (χ0n) is 16.8. The number of benzene rings is 1. The molecule has 0 aromatic heterocycles. The predicted molar refractivity (Wildman–Crippen MR) is 116 cm³/mol. The van der Waals surface area contributed by atoms with Crippen LogP contribution in [-0.2, 0) is 16.1 Å². The summed E-state index contributed by atoms with van der Waals surface area (Å²) < 4.78 is 0. The van der Waals surface area contributed by atoms with Crippen LogP contribution in [0.5, 0.6) is 0 Å². The Morgan fingerprint density at radius 3 is 2.25 bits per heavy atom. The average molecular weight is 408 g/mol. The van der Waals surface area contributed by atoms with Crippen LogP contribution in [0.4, 0.5) is 5.69 Å². The number of anilines is 1. The van der Waals surface area contributed by atoms with E-state index in [9.17, 15) is 9.59 Å². The molecule has 5 nitrogen and oxygen atoms in total. The number of halogens is 1. The summed E-state index contributed by atoms with van der Waals surface area (Å²) in [6.07, 6.45) is 7.92. The lowest BCUT2D eigenvalue weighted by Crippen LogP contribution is -2.41. The van der Waals surface area contributed by atoms with Crippen molar-refractivity contribution in [3.8, 4) is 0 Å². The van der Waals surface area contributed by atoms with Crippen molar-refractivity contribution in [2.75, 3.05) is 11.9 Å². The van der Waals surface area contributed by atoms with E-state index < -0.39 is 0 Å². The molecule has 0 unspecified atom stereocenters. The molecule has 0 atom stereocenters. The maximum atomic E-state index is 12.7. The third-order valence-electron chi connectivity index (χ3n) is 6.01. The maximum absolute atomic E-state index is 12.7. The van der Waals surface area contributed by atoms with E-state index in [1.54, 1.807) is 0 Å². The predicted octanol–water partition coefficient (Wildman–Crippen LogP) is 4.02. The van der Waals surface area contributed by atoms with Gasteiger partial charge in [0.2, 0.25) is 11.8 Å². The first-order valence-corrected chi connectivity index (χ1v) is 10.6. The van der Waals surface area contributed by atoms with Crippen molar-refractivity contribution in [2.45, 2.75) is 70.9 Å². The first-order chi connectivity index (χ1) is 13.2. The molecule has 3 N–H and O–H groups in total. The molecule has 0 aliphatic heterocycles. The minimum Gasteiger partial charge on any atom is -0.353 e. The van der Waals surface area contributed by atoms with Crippen molar-refractivity contribution in [1.82, 2.24) is 10.6 Å². The lowest BCUT2D eigenvalue weighted by atomic mass is 9.85. The van der Waals surface area contributed by atoms with Crippen molar-refractivity contribution in [2.24, 2.45) is 11.8 Å². The molecule has 6 heteroatoms. The molecule has 2 saturated carbocycles. The molecule has 156 valence electrons. The Balaban J connectivity index is 0.00000280. The standard InChI is InChI=1S/C22H33N3O2.ClH/c1-2-23-15-18-9-5-6-10-20(18)25-22(27)17-11-13-19(14-12-17)24-21(26)16-7-3-4-8-16;/h5-6,9-10,16-17,19,23H,2-4,7-8,11-15H2,1H3,(H,24,26)(H,25,27);1H. The molecule has 0 radical (unpaired) electrons. The van der Waals surface area contributed by atoms with Gasteiger partial charge in [-0.25, -0.2) is 0 Å². The molecule has 2 aliphatic carbocycles. The van der Waals surface area contributed by atoms with Gasteiger partial charge in [-0.1, -0.05) is 38.0 Å². The molecule has 2 aliphatic rings. The number of para-hydroxylation sites is 1. The third kappa shape index (κ3) is 6.21. The lowest BCUT2D eigenvalue weighted by Gasteiger charge is -2.29. The van der Waals surface area contributed by atoms with Gasteiger partial charge in [-0.2, -0.15) is 0 Å². The largest absolute Gasteiger partial charge is 0.353 e. The fraction of sp³-hybridized carbons (Fsp3) is 0.636. The summed E-state index contributed by atoms with van der Waals surface area (Å²) >= 11 is 0. The summed E-state index contributed by atoms with van der Waals surface area (Å²) in [5, 5.41) is 9.66. The van der Waals surface area contributed by atoms with Gasteiger partial charge in [0.1, 0.15) is 0 Å². The van der Waals surface area contributed by atoms with E-state index in [1.807, 2.05) is 24.3 Å². The Bertz CT molecular complexity index is 638. The minimum atomic E-state index is 0. The van der Waals surface area contributed by atoms with Crippen molar-refractivity contribution in [3.05, 3.63) is 29.8 Å². The Morgan fingerprint density at radius 1 is 0.929 bits per heavy atom. The first-order valence-electron chi connectivity index (χ1n) is 10.6. The molecule has 0 heterocycles. The van der Waals surface area contributed by atoms with E-state index >= 15 is 0 Å². The molecule has 0 spiro atoms. The van der Waals surface area contributed by atoms with Gasteiger partial charge in [0.05, 0.1) is 0 Å². The number of carbonyl (C=O) groups excluding carboxylic acids is 2. The number of hydrogen-bond acceptors (Lipinski definition) is 3. The highest BCUT2D eigenvalue weighted by Crippen LogP contribution is 2.28. The van der Waals surface area contributed by atoms with E-state index in [0.29, 0.717) is 0 Å². The molecule has 0 bridgehead atoms. The molecule has 0 saturated heterocycles. The highest BCUT2D eigenvalue weighted by Gasteiger charge is 2.29. The number of rotatable bonds is 7. The van der Waals surface area contributed by atoms with Crippen molar-refractivity contribution in [1.29, 1.82) is 0 Å². The fourth-order valence-corrected chi connectivity index (χ4v) is 4.30. The molecule has 1 aromatic rings.